The van der Waals surface area contributed by atoms with Crippen LogP contribution in [0.2, 0.25) is 0 Å². The number of nitrogens with two attached hydrogens (primary N) is 1. The van der Waals surface area contributed by atoms with Crippen LogP contribution in [0.5, 0.6) is 0 Å². The van der Waals surface area contributed by atoms with Gasteiger partial charge in [-0.2, -0.15) is 5.26 Å². The molecule has 0 heterocycles. The highest BCUT2D eigenvalue weighted by molar-refractivity contribution is 8.00. The first kappa shape index (κ1) is 12.3. The first-order valence-corrected chi connectivity index (χ1v) is 7.03. The number of hydrogen-bond donors (Lipinski definition) is 1. The summed E-state index contributed by atoms with van der Waals surface area (Å²) in [6, 6.07) is 7.72. The number of anilines is 1. The van der Waals surface area contributed by atoms with Crippen LogP contribution >= 0.6 is 11.8 Å². The van der Waals surface area contributed by atoms with Crippen molar-refractivity contribution in [1.29, 1.82) is 5.26 Å². The lowest BCUT2D eigenvalue weighted by atomic mass is 9.91. The Morgan fingerprint density at radius 1 is 1.41 bits per heavy atom. The lowest BCUT2D eigenvalue weighted by Gasteiger charge is -2.26. The number of nitrogens with zero attached hydrogens (tertiary/aromatic N) is 1. The zero-order valence-electron chi connectivity index (χ0n) is 10.1. The summed E-state index contributed by atoms with van der Waals surface area (Å²) in [5.74, 6) is 0.834. The van der Waals surface area contributed by atoms with Gasteiger partial charge in [-0.25, -0.2) is 0 Å². The minimum absolute atomic E-state index is 0.642. The Hall–Kier alpha value is -1.14. The molecule has 3 heteroatoms. The van der Waals surface area contributed by atoms with E-state index in [0.717, 1.165) is 16.5 Å². The Kier molecular flexibility index (Phi) is 3.96. The molecule has 1 fully saturated rings. The van der Waals surface area contributed by atoms with Gasteiger partial charge in [0.05, 0.1) is 11.6 Å². The van der Waals surface area contributed by atoms with Gasteiger partial charge in [0.15, 0.2) is 0 Å². The molecule has 1 saturated carbocycles. The second kappa shape index (κ2) is 5.46. The molecule has 0 aromatic heterocycles. The number of nitriles is 1. The SMILES string of the molecule is CC1CCCC(Sc2ccc(C#N)cc2N)C1. The molecular formula is C14H18N2S. The van der Waals surface area contributed by atoms with Crippen LogP contribution in [0.25, 0.3) is 0 Å². The van der Waals surface area contributed by atoms with Gasteiger partial charge in [0.1, 0.15) is 0 Å². The fourth-order valence-corrected chi connectivity index (χ4v) is 3.80. The van der Waals surface area contributed by atoms with E-state index in [9.17, 15) is 0 Å². The minimum Gasteiger partial charge on any atom is -0.398 e. The molecule has 2 atom stereocenters. The van der Waals surface area contributed by atoms with Gasteiger partial charge in [-0.1, -0.05) is 19.8 Å². The molecule has 1 aliphatic carbocycles. The van der Waals surface area contributed by atoms with Crippen LogP contribution in [0.3, 0.4) is 0 Å². The molecule has 0 aliphatic heterocycles. The monoisotopic (exact) mass is 246 g/mol. The molecule has 17 heavy (non-hydrogen) atoms. The van der Waals surface area contributed by atoms with Crippen LogP contribution in [0, 0.1) is 17.2 Å². The quantitative estimate of drug-likeness (QED) is 0.807. The summed E-state index contributed by atoms with van der Waals surface area (Å²) in [5.41, 5.74) is 7.36. The van der Waals surface area contributed by atoms with E-state index in [0.29, 0.717) is 10.8 Å². The van der Waals surface area contributed by atoms with E-state index in [1.807, 2.05) is 23.9 Å². The molecule has 0 amide bonds. The van der Waals surface area contributed by atoms with Gasteiger partial charge >= 0.3 is 0 Å². The number of benzene rings is 1. The number of nitrogen functional groups attached to an aromatic ring is 1. The first-order valence-electron chi connectivity index (χ1n) is 6.15. The molecule has 0 spiro atoms. The average molecular weight is 246 g/mol. The van der Waals surface area contributed by atoms with Crippen molar-refractivity contribution in [2.75, 3.05) is 5.73 Å². The molecule has 0 bridgehead atoms. The standard InChI is InChI=1S/C14H18N2S/c1-10-3-2-4-12(7-10)17-14-6-5-11(9-15)8-13(14)16/h5-6,8,10,12H,2-4,7,16H2,1H3. The van der Waals surface area contributed by atoms with Crippen molar-refractivity contribution in [3.05, 3.63) is 23.8 Å². The number of hydrogen-bond acceptors (Lipinski definition) is 3. The molecule has 2 rings (SSSR count). The first-order chi connectivity index (χ1) is 8.19. The second-order valence-corrected chi connectivity index (χ2v) is 6.22. The topological polar surface area (TPSA) is 49.8 Å². The van der Waals surface area contributed by atoms with E-state index in [4.69, 9.17) is 11.0 Å². The molecule has 2 unspecified atom stereocenters. The molecule has 90 valence electrons. The zero-order chi connectivity index (χ0) is 12.3. The predicted molar refractivity (Wildman–Crippen MR) is 72.8 cm³/mol. The molecule has 0 saturated heterocycles. The summed E-state index contributed by atoms with van der Waals surface area (Å²) in [6.07, 6.45) is 5.26. The predicted octanol–water partition coefficient (Wildman–Crippen LogP) is 3.81. The fourth-order valence-electron chi connectivity index (χ4n) is 2.39. The lowest BCUT2D eigenvalue weighted by molar-refractivity contribution is 0.394. The van der Waals surface area contributed by atoms with Gasteiger partial charge < -0.3 is 5.73 Å². The van der Waals surface area contributed by atoms with Crippen molar-refractivity contribution in [3.8, 4) is 6.07 Å². The summed E-state index contributed by atoms with van der Waals surface area (Å²) in [4.78, 5) is 1.13. The third-order valence-corrected chi connectivity index (χ3v) is 4.71. The molecule has 2 N–H and O–H groups in total. The Labute approximate surface area is 107 Å². The smallest absolute Gasteiger partial charge is 0.0992 e. The number of rotatable bonds is 2. The van der Waals surface area contributed by atoms with E-state index in [1.54, 1.807) is 6.07 Å². The van der Waals surface area contributed by atoms with Gasteiger partial charge in [-0.15, -0.1) is 11.8 Å². The van der Waals surface area contributed by atoms with Crippen molar-refractivity contribution < 1.29 is 0 Å². The highest BCUT2D eigenvalue weighted by atomic mass is 32.2. The maximum atomic E-state index is 8.80. The van der Waals surface area contributed by atoms with Gasteiger partial charge in [0, 0.05) is 15.8 Å². The van der Waals surface area contributed by atoms with Gasteiger partial charge in [0.2, 0.25) is 0 Å². The van der Waals surface area contributed by atoms with Crippen molar-refractivity contribution in [3.63, 3.8) is 0 Å². The normalized spacial score (nSPS) is 24.2. The van der Waals surface area contributed by atoms with E-state index in [-0.39, 0.29) is 0 Å². The Morgan fingerprint density at radius 3 is 2.88 bits per heavy atom. The van der Waals surface area contributed by atoms with E-state index >= 15 is 0 Å². The molecule has 2 nitrogen and oxygen atoms in total. The Bertz CT molecular complexity index is 436. The summed E-state index contributed by atoms with van der Waals surface area (Å²) in [7, 11) is 0. The van der Waals surface area contributed by atoms with Gasteiger partial charge in [-0.3, -0.25) is 0 Å². The molecule has 1 aromatic rings. The lowest BCUT2D eigenvalue weighted by Crippen LogP contribution is -2.15. The molecule has 0 radical (unpaired) electrons. The van der Waals surface area contributed by atoms with Crippen LogP contribution in [0.1, 0.15) is 38.2 Å². The molecule has 1 aliphatic rings. The van der Waals surface area contributed by atoms with Crippen LogP contribution in [-0.2, 0) is 0 Å². The molecule has 1 aromatic carbocycles. The van der Waals surface area contributed by atoms with Crippen molar-refractivity contribution >= 4 is 17.4 Å². The highest BCUT2D eigenvalue weighted by Gasteiger charge is 2.20. The summed E-state index contributed by atoms with van der Waals surface area (Å²) >= 11 is 1.88. The average Bonchev–Trinajstić information content (AvgIpc) is 2.32. The number of thioether (sulfide) groups is 1. The van der Waals surface area contributed by atoms with Crippen molar-refractivity contribution in [2.45, 2.75) is 42.8 Å². The van der Waals surface area contributed by atoms with Crippen LogP contribution < -0.4 is 5.73 Å². The second-order valence-electron chi connectivity index (χ2n) is 4.88. The molecular weight excluding hydrogens is 228 g/mol. The van der Waals surface area contributed by atoms with Crippen molar-refractivity contribution in [2.24, 2.45) is 5.92 Å². The summed E-state index contributed by atoms with van der Waals surface area (Å²) < 4.78 is 0. The maximum absolute atomic E-state index is 8.80. The third kappa shape index (κ3) is 3.17. The van der Waals surface area contributed by atoms with E-state index in [1.165, 1.54) is 25.7 Å². The summed E-state index contributed by atoms with van der Waals surface area (Å²) in [6.45, 7) is 2.33. The van der Waals surface area contributed by atoms with Gasteiger partial charge in [-0.05, 0) is 37.0 Å². The summed E-state index contributed by atoms with van der Waals surface area (Å²) in [5, 5.41) is 9.49. The van der Waals surface area contributed by atoms with E-state index in [2.05, 4.69) is 13.0 Å². The highest BCUT2D eigenvalue weighted by Crippen LogP contribution is 2.38. The zero-order valence-corrected chi connectivity index (χ0v) is 11.0. The van der Waals surface area contributed by atoms with Crippen molar-refractivity contribution in [1.82, 2.24) is 0 Å². The fraction of sp³-hybridized carbons (Fsp3) is 0.500. The maximum Gasteiger partial charge on any atom is 0.0992 e. The van der Waals surface area contributed by atoms with Crippen LogP contribution in [0.4, 0.5) is 5.69 Å². The van der Waals surface area contributed by atoms with Crippen LogP contribution in [0.15, 0.2) is 23.1 Å². The largest absolute Gasteiger partial charge is 0.398 e. The van der Waals surface area contributed by atoms with Gasteiger partial charge in [0.25, 0.3) is 0 Å². The van der Waals surface area contributed by atoms with E-state index < -0.39 is 0 Å². The Balaban J connectivity index is 2.06. The minimum atomic E-state index is 0.642. The van der Waals surface area contributed by atoms with Crippen LogP contribution in [-0.4, -0.2) is 5.25 Å². The third-order valence-electron chi connectivity index (χ3n) is 3.32. The Morgan fingerprint density at radius 2 is 2.24 bits per heavy atom.